The van der Waals surface area contributed by atoms with Gasteiger partial charge < -0.3 is 4.90 Å². The monoisotopic (exact) mass is 303 g/mol. The summed E-state index contributed by atoms with van der Waals surface area (Å²) >= 11 is 11.8. The molecule has 1 heterocycles. The molecule has 4 nitrogen and oxygen atoms in total. The summed E-state index contributed by atoms with van der Waals surface area (Å²) < 4.78 is 0. The number of halogens is 2. The lowest BCUT2D eigenvalue weighted by Gasteiger charge is -2.23. The zero-order chi connectivity index (χ0) is 14.4. The highest BCUT2D eigenvalue weighted by Crippen LogP contribution is 2.18. The van der Waals surface area contributed by atoms with Crippen molar-refractivity contribution < 1.29 is 4.79 Å². The van der Waals surface area contributed by atoms with E-state index < -0.39 is 0 Å². The Bertz CT molecular complexity index is 438. The molecule has 0 N–H and O–H groups in total. The first kappa shape index (κ1) is 16.2. The summed E-state index contributed by atoms with van der Waals surface area (Å²) in [5.41, 5.74) is 0.881. The average molecular weight is 304 g/mol. The molecule has 1 aromatic heterocycles. The van der Waals surface area contributed by atoms with Crippen LogP contribution in [0.4, 0.5) is 0 Å². The van der Waals surface area contributed by atoms with Gasteiger partial charge >= 0.3 is 0 Å². The summed E-state index contributed by atoms with van der Waals surface area (Å²) in [6.45, 7) is 3.88. The van der Waals surface area contributed by atoms with Crippen LogP contribution in [-0.2, 0) is 11.3 Å². The fourth-order valence-corrected chi connectivity index (χ4v) is 2.07. The van der Waals surface area contributed by atoms with E-state index in [1.807, 2.05) is 6.07 Å². The van der Waals surface area contributed by atoms with Crippen molar-refractivity contribution >= 4 is 29.1 Å². The molecule has 1 aromatic rings. The van der Waals surface area contributed by atoms with Crippen LogP contribution >= 0.6 is 23.2 Å². The Balaban J connectivity index is 2.74. The van der Waals surface area contributed by atoms with Crippen LogP contribution in [0.1, 0.15) is 18.9 Å². The molecule has 0 aliphatic heterocycles. The molecule has 0 spiro atoms. The fraction of sp³-hybridized carbons (Fsp3) is 0.538. The van der Waals surface area contributed by atoms with Crippen molar-refractivity contribution in [2.75, 3.05) is 27.2 Å². The fourth-order valence-electron chi connectivity index (χ4n) is 1.66. The van der Waals surface area contributed by atoms with Crippen LogP contribution in [0.25, 0.3) is 0 Å². The zero-order valence-electron chi connectivity index (χ0n) is 11.5. The van der Waals surface area contributed by atoms with Crippen molar-refractivity contribution in [1.82, 2.24) is 14.8 Å². The van der Waals surface area contributed by atoms with E-state index in [2.05, 4.69) is 16.8 Å². The standard InChI is InChI=1S/C13H19Cl2N3O/c1-4-7-18(9-12(19)17(2)3)8-10-5-6-11(14)16-13(10)15/h5-6H,4,7-9H2,1-3H3. The van der Waals surface area contributed by atoms with Crippen molar-refractivity contribution in [2.24, 2.45) is 0 Å². The van der Waals surface area contributed by atoms with E-state index in [9.17, 15) is 4.79 Å². The second kappa shape index (κ2) is 7.68. The predicted molar refractivity (Wildman–Crippen MR) is 78.5 cm³/mol. The summed E-state index contributed by atoms with van der Waals surface area (Å²) in [4.78, 5) is 19.4. The third-order valence-electron chi connectivity index (χ3n) is 2.68. The topological polar surface area (TPSA) is 36.4 Å². The summed E-state index contributed by atoms with van der Waals surface area (Å²) in [5.74, 6) is 0.0755. The molecule has 0 fully saturated rings. The molecule has 0 unspecified atom stereocenters. The number of aromatic nitrogens is 1. The van der Waals surface area contributed by atoms with Gasteiger partial charge in [0.15, 0.2) is 0 Å². The van der Waals surface area contributed by atoms with Gasteiger partial charge in [-0.25, -0.2) is 4.98 Å². The molecule has 0 aliphatic rings. The SMILES string of the molecule is CCCN(CC(=O)N(C)C)Cc1ccc(Cl)nc1Cl. The van der Waals surface area contributed by atoms with Gasteiger partial charge in [0.1, 0.15) is 10.3 Å². The van der Waals surface area contributed by atoms with Crippen LogP contribution in [0.5, 0.6) is 0 Å². The van der Waals surface area contributed by atoms with E-state index in [1.165, 1.54) is 0 Å². The molecule has 0 aromatic carbocycles. The maximum Gasteiger partial charge on any atom is 0.236 e. The molecule has 0 aliphatic carbocycles. The minimum Gasteiger partial charge on any atom is -0.348 e. The Hall–Kier alpha value is -0.840. The van der Waals surface area contributed by atoms with Crippen LogP contribution in [0, 0.1) is 0 Å². The Morgan fingerprint density at radius 2 is 2.00 bits per heavy atom. The highest BCUT2D eigenvalue weighted by Gasteiger charge is 2.14. The van der Waals surface area contributed by atoms with Gasteiger partial charge in [-0.05, 0) is 19.0 Å². The van der Waals surface area contributed by atoms with Gasteiger partial charge in [-0.1, -0.05) is 36.2 Å². The number of likely N-dealkylation sites (N-methyl/N-ethyl adjacent to an activating group) is 1. The number of hydrogen-bond acceptors (Lipinski definition) is 3. The maximum atomic E-state index is 11.8. The smallest absolute Gasteiger partial charge is 0.236 e. The first-order valence-corrected chi connectivity index (χ1v) is 6.93. The molecule has 1 rings (SSSR count). The molecule has 0 bridgehead atoms. The lowest BCUT2D eigenvalue weighted by molar-refractivity contribution is -0.130. The highest BCUT2D eigenvalue weighted by molar-refractivity contribution is 6.32. The van der Waals surface area contributed by atoms with Gasteiger partial charge in [0.2, 0.25) is 5.91 Å². The molecule has 0 atom stereocenters. The number of carbonyl (C=O) groups excluding carboxylic acids is 1. The normalized spacial score (nSPS) is 10.8. The van der Waals surface area contributed by atoms with E-state index in [0.717, 1.165) is 18.5 Å². The molecular weight excluding hydrogens is 285 g/mol. The van der Waals surface area contributed by atoms with Crippen molar-refractivity contribution in [3.8, 4) is 0 Å². The van der Waals surface area contributed by atoms with Gasteiger partial charge in [-0.2, -0.15) is 0 Å². The number of rotatable bonds is 6. The zero-order valence-corrected chi connectivity index (χ0v) is 13.0. The van der Waals surface area contributed by atoms with Gasteiger partial charge in [0.25, 0.3) is 0 Å². The van der Waals surface area contributed by atoms with Gasteiger partial charge in [0.05, 0.1) is 6.54 Å². The third kappa shape index (κ3) is 5.35. The number of hydrogen-bond donors (Lipinski definition) is 0. The number of carbonyl (C=O) groups is 1. The Morgan fingerprint density at radius 3 is 2.53 bits per heavy atom. The van der Waals surface area contributed by atoms with E-state index >= 15 is 0 Å². The van der Waals surface area contributed by atoms with Gasteiger partial charge in [0, 0.05) is 26.2 Å². The Morgan fingerprint density at radius 1 is 1.32 bits per heavy atom. The molecule has 6 heteroatoms. The first-order valence-electron chi connectivity index (χ1n) is 6.17. The van der Waals surface area contributed by atoms with Crippen molar-refractivity contribution in [2.45, 2.75) is 19.9 Å². The molecule has 0 radical (unpaired) electrons. The molecule has 0 saturated carbocycles. The molecule has 0 saturated heterocycles. The predicted octanol–water partition coefficient (Wildman–Crippen LogP) is 2.69. The quantitative estimate of drug-likeness (QED) is 0.758. The molecule has 1 amide bonds. The van der Waals surface area contributed by atoms with E-state index in [4.69, 9.17) is 23.2 Å². The minimum atomic E-state index is 0.0755. The van der Waals surface area contributed by atoms with Crippen molar-refractivity contribution in [1.29, 1.82) is 0 Å². The third-order valence-corrected chi connectivity index (χ3v) is 3.22. The summed E-state index contributed by atoms with van der Waals surface area (Å²) in [7, 11) is 3.51. The number of pyridine rings is 1. The summed E-state index contributed by atoms with van der Waals surface area (Å²) in [6.07, 6.45) is 0.972. The largest absolute Gasteiger partial charge is 0.348 e. The molecule has 19 heavy (non-hydrogen) atoms. The van der Waals surface area contributed by atoms with Crippen molar-refractivity contribution in [3.05, 3.63) is 28.0 Å². The number of nitrogens with zero attached hydrogens (tertiary/aromatic N) is 3. The average Bonchev–Trinajstić information content (AvgIpc) is 2.32. The minimum absolute atomic E-state index is 0.0755. The van der Waals surface area contributed by atoms with Crippen LogP contribution < -0.4 is 0 Å². The first-order chi connectivity index (χ1) is 8.93. The highest BCUT2D eigenvalue weighted by atomic mass is 35.5. The van der Waals surface area contributed by atoms with E-state index in [-0.39, 0.29) is 5.91 Å². The maximum absolute atomic E-state index is 11.8. The Kier molecular flexibility index (Phi) is 6.55. The Labute approximate surface area is 124 Å². The van der Waals surface area contributed by atoms with Gasteiger partial charge in [-0.15, -0.1) is 0 Å². The molecule has 106 valence electrons. The second-order valence-electron chi connectivity index (χ2n) is 4.58. The number of amides is 1. The van der Waals surface area contributed by atoms with Crippen LogP contribution in [0.15, 0.2) is 12.1 Å². The van der Waals surface area contributed by atoms with Crippen LogP contribution in [-0.4, -0.2) is 47.9 Å². The lowest BCUT2D eigenvalue weighted by Crippen LogP contribution is -2.36. The van der Waals surface area contributed by atoms with Gasteiger partial charge in [-0.3, -0.25) is 9.69 Å². The van der Waals surface area contributed by atoms with Crippen LogP contribution in [0.2, 0.25) is 10.3 Å². The summed E-state index contributed by atoms with van der Waals surface area (Å²) in [5, 5.41) is 0.770. The second-order valence-corrected chi connectivity index (χ2v) is 5.33. The summed E-state index contributed by atoms with van der Waals surface area (Å²) in [6, 6.07) is 3.56. The van der Waals surface area contributed by atoms with Crippen LogP contribution in [0.3, 0.4) is 0 Å². The van der Waals surface area contributed by atoms with Crippen molar-refractivity contribution in [3.63, 3.8) is 0 Å². The lowest BCUT2D eigenvalue weighted by atomic mass is 10.2. The molecular formula is C13H19Cl2N3O. The van der Waals surface area contributed by atoms with E-state index in [0.29, 0.717) is 23.4 Å². The van der Waals surface area contributed by atoms with E-state index in [1.54, 1.807) is 25.1 Å².